The van der Waals surface area contributed by atoms with Gasteiger partial charge in [-0.2, -0.15) is 0 Å². The molecule has 3 nitrogen and oxygen atoms in total. The van der Waals surface area contributed by atoms with Crippen molar-refractivity contribution in [1.82, 2.24) is 4.57 Å². The lowest BCUT2D eigenvalue weighted by Crippen LogP contribution is -2.28. The van der Waals surface area contributed by atoms with E-state index >= 15 is 0 Å². The van der Waals surface area contributed by atoms with Crippen molar-refractivity contribution in [3.05, 3.63) is 71.7 Å². The standard InChI is InChI=1S/C18H18FNO2/c1-12-10-20(16-5-3-2-4-15(12)16)18(17(22)11-21)13-6-8-14(19)9-7-13/h2-10,17-18,21-22H,11H2,1H3/t17-,18+/m1/s1. The summed E-state index contributed by atoms with van der Waals surface area (Å²) in [5, 5.41) is 20.8. The Hall–Kier alpha value is -2.17. The van der Waals surface area contributed by atoms with Gasteiger partial charge in [0.1, 0.15) is 11.9 Å². The number of aromatic nitrogens is 1. The zero-order valence-corrected chi connectivity index (χ0v) is 12.3. The molecule has 0 radical (unpaired) electrons. The lowest BCUT2D eigenvalue weighted by atomic mass is 10.0. The number of aryl methyl sites for hydroxylation is 1. The number of fused-ring (bicyclic) bond motifs is 1. The second kappa shape index (κ2) is 5.91. The van der Waals surface area contributed by atoms with Gasteiger partial charge in [0, 0.05) is 17.1 Å². The maximum Gasteiger partial charge on any atom is 0.123 e. The molecule has 0 unspecified atom stereocenters. The fourth-order valence-electron chi connectivity index (χ4n) is 2.94. The zero-order chi connectivity index (χ0) is 15.7. The first-order valence-electron chi connectivity index (χ1n) is 7.22. The number of hydrogen-bond donors (Lipinski definition) is 2. The van der Waals surface area contributed by atoms with Gasteiger partial charge < -0.3 is 14.8 Å². The Balaban J connectivity index is 2.18. The number of rotatable bonds is 4. The fraction of sp³-hybridized carbons (Fsp3) is 0.222. The van der Waals surface area contributed by atoms with Gasteiger partial charge in [0.05, 0.1) is 12.6 Å². The second-order valence-electron chi connectivity index (χ2n) is 5.48. The normalized spacial score (nSPS) is 14.2. The molecule has 2 aromatic carbocycles. The first-order chi connectivity index (χ1) is 10.6. The Morgan fingerprint density at radius 2 is 1.77 bits per heavy atom. The van der Waals surface area contributed by atoms with E-state index in [0.29, 0.717) is 0 Å². The van der Waals surface area contributed by atoms with Gasteiger partial charge >= 0.3 is 0 Å². The molecule has 1 aromatic heterocycles. The highest BCUT2D eigenvalue weighted by Gasteiger charge is 2.24. The second-order valence-corrected chi connectivity index (χ2v) is 5.48. The van der Waals surface area contributed by atoms with E-state index in [0.717, 1.165) is 22.0 Å². The number of para-hydroxylation sites is 1. The number of nitrogens with zero attached hydrogens (tertiary/aromatic N) is 1. The van der Waals surface area contributed by atoms with Gasteiger partial charge in [-0.25, -0.2) is 4.39 Å². The number of hydrogen-bond acceptors (Lipinski definition) is 2. The summed E-state index contributed by atoms with van der Waals surface area (Å²) in [5.74, 6) is -0.325. The molecule has 4 heteroatoms. The van der Waals surface area contributed by atoms with Crippen LogP contribution in [0.2, 0.25) is 0 Å². The van der Waals surface area contributed by atoms with Gasteiger partial charge in [-0.1, -0.05) is 30.3 Å². The van der Waals surface area contributed by atoms with Crippen molar-refractivity contribution in [3.63, 3.8) is 0 Å². The monoisotopic (exact) mass is 299 g/mol. The van der Waals surface area contributed by atoms with Gasteiger partial charge in [0.15, 0.2) is 0 Å². The molecule has 0 aliphatic rings. The van der Waals surface area contributed by atoms with Crippen LogP contribution in [0.3, 0.4) is 0 Å². The molecule has 3 rings (SSSR count). The summed E-state index contributed by atoms with van der Waals surface area (Å²) in [6.07, 6.45) is 0.984. The minimum Gasteiger partial charge on any atom is -0.394 e. The highest BCUT2D eigenvalue weighted by Crippen LogP contribution is 2.30. The van der Waals surface area contributed by atoms with Crippen LogP contribution >= 0.6 is 0 Å². The van der Waals surface area contributed by atoms with Crippen LogP contribution in [0.1, 0.15) is 17.2 Å². The molecule has 3 aromatic rings. The minimum atomic E-state index is -0.972. The van der Waals surface area contributed by atoms with Crippen LogP contribution in [0.4, 0.5) is 4.39 Å². The van der Waals surface area contributed by atoms with E-state index in [-0.39, 0.29) is 12.4 Å². The highest BCUT2D eigenvalue weighted by atomic mass is 19.1. The van der Waals surface area contributed by atoms with Gasteiger partial charge in [0.25, 0.3) is 0 Å². The molecule has 0 saturated carbocycles. The van der Waals surface area contributed by atoms with Crippen LogP contribution in [0.5, 0.6) is 0 Å². The quantitative estimate of drug-likeness (QED) is 0.778. The molecule has 0 aliphatic carbocycles. The first kappa shape index (κ1) is 14.8. The molecular weight excluding hydrogens is 281 g/mol. The molecule has 2 N–H and O–H groups in total. The van der Waals surface area contributed by atoms with Crippen molar-refractivity contribution >= 4 is 10.9 Å². The summed E-state index contributed by atoms with van der Waals surface area (Å²) < 4.78 is 15.1. The Kier molecular flexibility index (Phi) is 3.96. The van der Waals surface area contributed by atoms with Crippen molar-refractivity contribution in [3.8, 4) is 0 Å². The molecule has 0 aliphatic heterocycles. The van der Waals surface area contributed by atoms with E-state index in [1.165, 1.54) is 12.1 Å². The third-order valence-electron chi connectivity index (χ3n) is 4.00. The Bertz CT molecular complexity index is 779. The van der Waals surface area contributed by atoms with Crippen molar-refractivity contribution in [2.75, 3.05) is 6.61 Å². The molecule has 0 amide bonds. The number of benzene rings is 2. The van der Waals surface area contributed by atoms with Crippen LogP contribution < -0.4 is 0 Å². The molecule has 22 heavy (non-hydrogen) atoms. The van der Waals surface area contributed by atoms with E-state index in [9.17, 15) is 14.6 Å². The summed E-state index contributed by atoms with van der Waals surface area (Å²) in [6, 6.07) is 13.4. The van der Waals surface area contributed by atoms with Crippen molar-refractivity contribution in [1.29, 1.82) is 0 Å². The van der Waals surface area contributed by atoms with Crippen LogP contribution in [0.25, 0.3) is 10.9 Å². The van der Waals surface area contributed by atoms with Crippen LogP contribution in [0, 0.1) is 12.7 Å². The lowest BCUT2D eigenvalue weighted by molar-refractivity contribution is 0.0653. The summed E-state index contributed by atoms with van der Waals surface area (Å²) in [5.41, 5.74) is 2.82. The SMILES string of the molecule is Cc1cn([C@@H](c2ccc(F)cc2)[C@H](O)CO)c2ccccc12. The molecule has 0 saturated heterocycles. The Morgan fingerprint density at radius 1 is 1.09 bits per heavy atom. The Morgan fingerprint density at radius 3 is 2.45 bits per heavy atom. The van der Waals surface area contributed by atoms with E-state index in [1.54, 1.807) is 12.1 Å². The Labute approximate surface area is 128 Å². The van der Waals surface area contributed by atoms with E-state index in [4.69, 9.17) is 0 Å². The third kappa shape index (κ3) is 2.51. The van der Waals surface area contributed by atoms with Gasteiger partial charge in [-0.05, 0) is 36.2 Å². The van der Waals surface area contributed by atoms with Gasteiger partial charge in [-0.3, -0.25) is 0 Å². The molecule has 0 spiro atoms. The van der Waals surface area contributed by atoms with Crippen molar-refractivity contribution in [2.24, 2.45) is 0 Å². The zero-order valence-electron chi connectivity index (χ0n) is 12.3. The largest absolute Gasteiger partial charge is 0.394 e. The van der Waals surface area contributed by atoms with E-state index < -0.39 is 12.1 Å². The third-order valence-corrected chi connectivity index (χ3v) is 4.00. The maximum atomic E-state index is 13.2. The molecule has 0 bridgehead atoms. The highest BCUT2D eigenvalue weighted by molar-refractivity contribution is 5.84. The number of halogens is 1. The maximum absolute atomic E-state index is 13.2. The lowest BCUT2D eigenvalue weighted by Gasteiger charge is -2.25. The first-order valence-corrected chi connectivity index (χ1v) is 7.22. The molecule has 0 fully saturated rings. The summed E-state index contributed by atoms with van der Waals surface area (Å²) >= 11 is 0. The van der Waals surface area contributed by atoms with Crippen LogP contribution in [-0.4, -0.2) is 27.5 Å². The molecule has 114 valence electrons. The predicted octanol–water partition coefficient (Wildman–Crippen LogP) is 3.03. The van der Waals surface area contributed by atoms with Crippen LogP contribution in [-0.2, 0) is 0 Å². The smallest absolute Gasteiger partial charge is 0.123 e. The number of aliphatic hydroxyl groups is 2. The van der Waals surface area contributed by atoms with Gasteiger partial charge in [-0.15, -0.1) is 0 Å². The molecule has 2 atom stereocenters. The predicted molar refractivity (Wildman–Crippen MR) is 84.3 cm³/mol. The van der Waals surface area contributed by atoms with Crippen molar-refractivity contribution in [2.45, 2.75) is 19.1 Å². The summed E-state index contributed by atoms with van der Waals surface area (Å²) in [7, 11) is 0. The van der Waals surface area contributed by atoms with Crippen molar-refractivity contribution < 1.29 is 14.6 Å². The minimum absolute atomic E-state index is 0.325. The average molecular weight is 299 g/mol. The molecular formula is C18H18FNO2. The summed E-state index contributed by atoms with van der Waals surface area (Å²) in [4.78, 5) is 0. The van der Waals surface area contributed by atoms with Crippen LogP contribution in [0.15, 0.2) is 54.7 Å². The van der Waals surface area contributed by atoms with E-state index in [1.807, 2.05) is 42.0 Å². The molecule has 1 heterocycles. The number of aliphatic hydroxyl groups excluding tert-OH is 2. The summed E-state index contributed by atoms with van der Waals surface area (Å²) in [6.45, 7) is 1.64. The fourth-order valence-corrected chi connectivity index (χ4v) is 2.94. The topological polar surface area (TPSA) is 45.4 Å². The van der Waals surface area contributed by atoms with Gasteiger partial charge in [0.2, 0.25) is 0 Å². The van der Waals surface area contributed by atoms with E-state index in [2.05, 4.69) is 0 Å². The average Bonchev–Trinajstić information content (AvgIpc) is 2.87.